The van der Waals surface area contributed by atoms with Crippen molar-refractivity contribution < 1.29 is 24.8 Å². The van der Waals surface area contributed by atoms with E-state index in [1.165, 1.54) is 0 Å². The van der Waals surface area contributed by atoms with Crippen LogP contribution in [0.5, 0.6) is 6.01 Å². The van der Waals surface area contributed by atoms with E-state index in [0.717, 1.165) is 24.3 Å². The standard InChI is InChI=1S/C24H29ClN4O5/c1-24(2,32)14-9-29(10-14)15-5-3-13(4-6-15)21-17(25)8-18-22(27-21)28-23(26-18)34-16-7-19(31)20(11-30)33-12-16/h3-6,8,14,16,19-20,30-32H,7,9-12H2,1-2H3,(H,26,27,28). The Morgan fingerprint density at radius 2 is 1.97 bits per heavy atom. The summed E-state index contributed by atoms with van der Waals surface area (Å²) in [6.45, 7) is 5.38. The molecule has 0 saturated carbocycles. The number of halogens is 1. The summed E-state index contributed by atoms with van der Waals surface area (Å²) in [6, 6.07) is 10.1. The largest absolute Gasteiger partial charge is 0.459 e. The fraction of sp³-hybridized carbons (Fsp3) is 0.500. The number of hydrogen-bond acceptors (Lipinski definition) is 8. The highest BCUT2D eigenvalue weighted by Crippen LogP contribution is 2.34. The molecule has 3 aromatic rings. The molecule has 2 aliphatic heterocycles. The normalized spacial score (nSPS) is 23.8. The average Bonchev–Trinajstić information content (AvgIpc) is 3.12. The molecule has 4 heterocycles. The molecule has 3 atom stereocenters. The molecule has 2 aromatic heterocycles. The van der Waals surface area contributed by atoms with Crippen molar-refractivity contribution in [3.63, 3.8) is 0 Å². The molecular weight excluding hydrogens is 460 g/mol. The van der Waals surface area contributed by atoms with Crippen LogP contribution in [0.15, 0.2) is 30.3 Å². The zero-order valence-corrected chi connectivity index (χ0v) is 19.9. The van der Waals surface area contributed by atoms with Gasteiger partial charge in [0.1, 0.15) is 12.2 Å². The van der Waals surface area contributed by atoms with Gasteiger partial charge >= 0.3 is 0 Å². The highest BCUT2D eigenvalue weighted by molar-refractivity contribution is 6.33. The number of hydrogen-bond donors (Lipinski definition) is 4. The van der Waals surface area contributed by atoms with E-state index in [2.05, 4.69) is 19.9 Å². The lowest BCUT2D eigenvalue weighted by molar-refractivity contribution is -0.131. The van der Waals surface area contributed by atoms with Crippen molar-refractivity contribution in [2.24, 2.45) is 5.92 Å². The first-order valence-electron chi connectivity index (χ1n) is 11.4. The number of aliphatic hydroxyl groups excluding tert-OH is 2. The minimum atomic E-state index is -0.799. The fourth-order valence-electron chi connectivity index (χ4n) is 4.37. The Balaban J connectivity index is 1.29. The topological polar surface area (TPSA) is 124 Å². The Bertz CT molecular complexity index is 1160. The van der Waals surface area contributed by atoms with E-state index in [1.807, 2.05) is 38.1 Å². The number of fused-ring (bicyclic) bond motifs is 1. The SMILES string of the molecule is CC(C)(O)C1CN(c2ccc(-c3nc4nc(OC5COC(CO)C(O)C5)[nH]c4cc3Cl)cc2)C1. The van der Waals surface area contributed by atoms with Gasteiger partial charge in [0.05, 0.1) is 41.2 Å². The number of pyridine rings is 1. The zero-order chi connectivity index (χ0) is 24.0. The summed E-state index contributed by atoms with van der Waals surface area (Å²) in [5, 5.41) is 29.9. The summed E-state index contributed by atoms with van der Waals surface area (Å²) < 4.78 is 11.3. The molecule has 2 aliphatic rings. The van der Waals surface area contributed by atoms with Crippen molar-refractivity contribution in [1.82, 2.24) is 15.0 Å². The molecule has 182 valence electrons. The monoisotopic (exact) mass is 488 g/mol. The van der Waals surface area contributed by atoms with Gasteiger partial charge in [-0.2, -0.15) is 4.98 Å². The molecule has 3 unspecified atom stereocenters. The van der Waals surface area contributed by atoms with Crippen molar-refractivity contribution in [1.29, 1.82) is 0 Å². The van der Waals surface area contributed by atoms with E-state index in [4.69, 9.17) is 21.1 Å². The fourth-order valence-corrected chi connectivity index (χ4v) is 4.63. The molecule has 5 rings (SSSR count). The predicted molar refractivity (Wildman–Crippen MR) is 128 cm³/mol. The lowest BCUT2D eigenvalue weighted by Gasteiger charge is -2.46. The molecule has 2 fully saturated rings. The second-order valence-corrected chi connectivity index (χ2v) is 10.0. The van der Waals surface area contributed by atoms with Gasteiger partial charge in [0.15, 0.2) is 5.65 Å². The zero-order valence-electron chi connectivity index (χ0n) is 19.1. The van der Waals surface area contributed by atoms with Crippen molar-refractivity contribution in [2.75, 3.05) is 31.2 Å². The summed E-state index contributed by atoms with van der Waals surface area (Å²) in [6.07, 6.45) is -1.44. The number of aromatic amines is 1. The minimum absolute atomic E-state index is 0.232. The van der Waals surface area contributed by atoms with Crippen molar-refractivity contribution in [2.45, 2.75) is 44.2 Å². The van der Waals surface area contributed by atoms with Gasteiger partial charge in [-0.15, -0.1) is 0 Å². The van der Waals surface area contributed by atoms with E-state index < -0.39 is 23.9 Å². The highest BCUT2D eigenvalue weighted by atomic mass is 35.5. The van der Waals surface area contributed by atoms with Crippen LogP contribution in [0.4, 0.5) is 5.69 Å². The van der Waals surface area contributed by atoms with E-state index >= 15 is 0 Å². The van der Waals surface area contributed by atoms with E-state index in [-0.39, 0.29) is 25.1 Å². The predicted octanol–water partition coefficient (Wildman–Crippen LogP) is 2.37. The van der Waals surface area contributed by atoms with Crippen LogP contribution in [0.3, 0.4) is 0 Å². The highest BCUT2D eigenvalue weighted by Gasteiger charge is 2.37. The number of anilines is 1. The number of ether oxygens (including phenoxy) is 2. The third kappa shape index (κ3) is 4.58. The molecule has 0 spiro atoms. The molecular formula is C24H29ClN4O5. The van der Waals surface area contributed by atoms with Crippen LogP contribution in [-0.2, 0) is 4.74 Å². The van der Waals surface area contributed by atoms with E-state index in [0.29, 0.717) is 28.3 Å². The molecule has 0 bridgehead atoms. The van der Waals surface area contributed by atoms with Gasteiger partial charge in [-0.3, -0.25) is 0 Å². The quantitative estimate of drug-likeness (QED) is 0.417. The second-order valence-electron chi connectivity index (χ2n) is 9.63. The average molecular weight is 489 g/mol. The number of nitrogens with one attached hydrogen (secondary N) is 1. The number of nitrogens with zero attached hydrogens (tertiary/aromatic N) is 3. The molecule has 34 heavy (non-hydrogen) atoms. The van der Waals surface area contributed by atoms with E-state index in [1.54, 1.807) is 6.07 Å². The molecule has 9 nitrogen and oxygen atoms in total. The van der Waals surface area contributed by atoms with Crippen LogP contribution < -0.4 is 9.64 Å². The Morgan fingerprint density at radius 3 is 2.62 bits per heavy atom. The summed E-state index contributed by atoms with van der Waals surface area (Å²) in [5.74, 6) is 0.265. The Morgan fingerprint density at radius 1 is 1.24 bits per heavy atom. The molecule has 10 heteroatoms. The van der Waals surface area contributed by atoms with Gasteiger partial charge < -0.3 is 34.7 Å². The third-order valence-corrected chi connectivity index (χ3v) is 6.97. The summed E-state index contributed by atoms with van der Waals surface area (Å²) in [5.41, 5.74) is 3.04. The van der Waals surface area contributed by atoms with Gasteiger partial charge in [0.25, 0.3) is 6.01 Å². The first-order valence-corrected chi connectivity index (χ1v) is 11.8. The van der Waals surface area contributed by atoms with Crippen LogP contribution in [0, 0.1) is 5.92 Å². The lowest BCUT2D eigenvalue weighted by Crippen LogP contribution is -2.55. The molecule has 2 saturated heterocycles. The van der Waals surface area contributed by atoms with Crippen LogP contribution in [-0.4, -0.2) is 80.5 Å². The van der Waals surface area contributed by atoms with Crippen LogP contribution >= 0.6 is 11.6 Å². The Kier molecular flexibility index (Phi) is 6.16. The van der Waals surface area contributed by atoms with Gasteiger partial charge in [-0.25, -0.2) is 4.98 Å². The maximum absolute atomic E-state index is 10.1. The van der Waals surface area contributed by atoms with Gasteiger partial charge in [0, 0.05) is 36.7 Å². The third-order valence-electron chi connectivity index (χ3n) is 6.68. The van der Waals surface area contributed by atoms with Gasteiger partial charge in [0.2, 0.25) is 0 Å². The number of aliphatic hydroxyl groups is 3. The molecule has 0 amide bonds. The molecule has 4 N–H and O–H groups in total. The lowest BCUT2D eigenvalue weighted by atomic mass is 9.84. The molecule has 0 radical (unpaired) electrons. The summed E-state index contributed by atoms with van der Waals surface area (Å²) >= 11 is 6.53. The van der Waals surface area contributed by atoms with E-state index in [9.17, 15) is 15.3 Å². The second kappa shape index (κ2) is 8.98. The molecule has 1 aromatic carbocycles. The number of aromatic nitrogens is 3. The number of benzene rings is 1. The van der Waals surface area contributed by atoms with Crippen molar-refractivity contribution >= 4 is 28.5 Å². The summed E-state index contributed by atoms with van der Waals surface area (Å²) in [4.78, 5) is 14.4. The van der Waals surface area contributed by atoms with Gasteiger partial charge in [-0.1, -0.05) is 23.7 Å². The molecule has 0 aliphatic carbocycles. The van der Waals surface area contributed by atoms with Crippen LogP contribution in [0.25, 0.3) is 22.4 Å². The van der Waals surface area contributed by atoms with Crippen molar-refractivity contribution in [3.05, 3.63) is 35.4 Å². The Hall–Kier alpha value is -2.43. The number of H-pyrrole nitrogens is 1. The van der Waals surface area contributed by atoms with Crippen LogP contribution in [0.2, 0.25) is 5.02 Å². The van der Waals surface area contributed by atoms with Crippen LogP contribution in [0.1, 0.15) is 20.3 Å². The smallest absolute Gasteiger partial charge is 0.296 e. The van der Waals surface area contributed by atoms with Crippen molar-refractivity contribution in [3.8, 4) is 17.3 Å². The summed E-state index contributed by atoms with van der Waals surface area (Å²) in [7, 11) is 0. The van der Waals surface area contributed by atoms with Gasteiger partial charge in [-0.05, 0) is 32.0 Å². The number of imidazole rings is 1. The maximum atomic E-state index is 10.1. The maximum Gasteiger partial charge on any atom is 0.296 e. The minimum Gasteiger partial charge on any atom is -0.459 e. The first-order chi connectivity index (χ1) is 16.2. The Labute approximate surface area is 202 Å². The first kappa shape index (κ1) is 23.3. The number of rotatable bonds is 6.